The Hall–Kier alpha value is -3.01. The Kier molecular flexibility index (Phi) is 6.99. The van der Waals surface area contributed by atoms with Crippen molar-refractivity contribution in [3.05, 3.63) is 63.8 Å². The van der Waals surface area contributed by atoms with E-state index in [4.69, 9.17) is 28.2 Å². The Labute approximate surface area is 186 Å². The fraction of sp³-hybridized carbons (Fsp3) is 0.100. The van der Waals surface area contributed by atoms with Gasteiger partial charge in [-0.15, -0.1) is 0 Å². The van der Waals surface area contributed by atoms with Crippen molar-refractivity contribution in [2.45, 2.75) is 6.92 Å². The van der Waals surface area contributed by atoms with Gasteiger partial charge in [0.1, 0.15) is 16.4 Å². The van der Waals surface area contributed by atoms with Crippen molar-refractivity contribution < 1.29 is 18.7 Å². The number of rotatable bonds is 5. The molecule has 0 saturated carbocycles. The van der Waals surface area contributed by atoms with Gasteiger partial charge in [-0.1, -0.05) is 22.9 Å². The summed E-state index contributed by atoms with van der Waals surface area (Å²) in [7, 11) is 1.29. The van der Waals surface area contributed by atoms with Crippen molar-refractivity contribution >= 4 is 63.4 Å². The van der Waals surface area contributed by atoms with Crippen molar-refractivity contribution in [2.75, 3.05) is 12.4 Å². The minimum absolute atomic E-state index is 0.0520. The topological polar surface area (TPSA) is 93.5 Å². The maximum Gasteiger partial charge on any atom is 0.350 e. The number of anilines is 1. The quantitative estimate of drug-likeness (QED) is 0.323. The molecule has 0 unspecified atom stereocenters. The Morgan fingerprint density at radius 1 is 1.23 bits per heavy atom. The summed E-state index contributed by atoms with van der Waals surface area (Å²) in [6.45, 7) is 1.68. The molecule has 2 aromatic heterocycles. The van der Waals surface area contributed by atoms with Crippen molar-refractivity contribution in [1.29, 1.82) is 0 Å². The highest BCUT2D eigenvalue weighted by atomic mass is 35.5. The van der Waals surface area contributed by atoms with Crippen LogP contribution in [0.15, 0.2) is 46.9 Å². The molecule has 3 rings (SSSR count). The largest absolute Gasteiger partial charge is 0.465 e. The summed E-state index contributed by atoms with van der Waals surface area (Å²) in [6, 6.07) is 10.8. The van der Waals surface area contributed by atoms with Crippen molar-refractivity contribution in [3.63, 3.8) is 0 Å². The molecule has 30 heavy (non-hydrogen) atoms. The SMILES string of the molecule is COC(=O)c1sc(NC(=S)NC(=O)/C=C/c2ccc(-c3ccc(Cl)cc3)o2)nc1C. The molecule has 3 aromatic rings. The molecule has 1 amide bonds. The molecule has 7 nitrogen and oxygen atoms in total. The predicted octanol–water partition coefficient (Wildman–Crippen LogP) is 4.68. The smallest absolute Gasteiger partial charge is 0.350 e. The van der Waals surface area contributed by atoms with E-state index in [1.807, 2.05) is 12.1 Å². The number of halogens is 1. The average molecular weight is 462 g/mol. The van der Waals surface area contributed by atoms with Gasteiger partial charge in [-0.3, -0.25) is 10.1 Å². The summed E-state index contributed by atoms with van der Waals surface area (Å²) in [4.78, 5) is 28.3. The van der Waals surface area contributed by atoms with Crippen LogP contribution in [0, 0.1) is 6.92 Å². The van der Waals surface area contributed by atoms with Crippen LogP contribution in [0.3, 0.4) is 0 Å². The van der Waals surface area contributed by atoms with Gasteiger partial charge in [0, 0.05) is 16.7 Å². The summed E-state index contributed by atoms with van der Waals surface area (Å²) in [5, 5.41) is 6.34. The molecule has 0 bridgehead atoms. The lowest BCUT2D eigenvalue weighted by molar-refractivity contribution is -0.115. The number of esters is 1. The van der Waals surface area contributed by atoms with E-state index >= 15 is 0 Å². The van der Waals surface area contributed by atoms with Crippen molar-refractivity contribution in [1.82, 2.24) is 10.3 Å². The van der Waals surface area contributed by atoms with Crippen LogP contribution in [0.5, 0.6) is 0 Å². The second kappa shape index (κ2) is 9.66. The molecule has 0 atom stereocenters. The molecule has 0 aliphatic heterocycles. The molecule has 0 aliphatic carbocycles. The standard InChI is InChI=1S/C20H16ClN3O4S2/c1-11-17(18(26)27-2)30-20(22-11)24-19(29)23-16(25)10-8-14-7-9-15(28-14)12-3-5-13(21)6-4-12/h3-10H,1-2H3,(H2,22,23,24,25,29)/b10-8+. The van der Waals surface area contributed by atoms with Gasteiger partial charge in [-0.25, -0.2) is 9.78 Å². The number of ether oxygens (including phenoxy) is 1. The van der Waals surface area contributed by atoms with E-state index in [0.717, 1.165) is 16.9 Å². The number of thiazole rings is 1. The summed E-state index contributed by atoms with van der Waals surface area (Å²) in [6.07, 6.45) is 2.83. The Morgan fingerprint density at radius 3 is 2.67 bits per heavy atom. The zero-order valence-electron chi connectivity index (χ0n) is 15.9. The number of aromatic nitrogens is 1. The lowest BCUT2D eigenvalue weighted by atomic mass is 10.2. The van der Waals surface area contributed by atoms with Gasteiger partial charge in [0.25, 0.3) is 0 Å². The zero-order valence-corrected chi connectivity index (χ0v) is 18.3. The Morgan fingerprint density at radius 2 is 1.97 bits per heavy atom. The summed E-state index contributed by atoms with van der Waals surface area (Å²) in [5.41, 5.74) is 1.39. The summed E-state index contributed by atoms with van der Waals surface area (Å²) >= 11 is 12.1. The van der Waals surface area contributed by atoms with Crippen LogP contribution in [0.4, 0.5) is 5.13 Å². The first-order chi connectivity index (χ1) is 14.4. The van der Waals surface area contributed by atoms with E-state index in [1.54, 1.807) is 31.2 Å². The van der Waals surface area contributed by atoms with E-state index in [-0.39, 0.29) is 5.11 Å². The molecular weight excluding hydrogens is 446 g/mol. The highest BCUT2D eigenvalue weighted by Gasteiger charge is 2.16. The second-order valence-corrected chi connectivity index (χ2v) is 7.75. The summed E-state index contributed by atoms with van der Waals surface area (Å²) in [5.74, 6) is 0.238. The third-order valence-corrected chi connectivity index (χ3v) is 5.29. The lowest BCUT2D eigenvalue weighted by Gasteiger charge is -2.04. The molecular formula is C20H16ClN3O4S2. The van der Waals surface area contributed by atoms with Crippen LogP contribution in [0.2, 0.25) is 5.02 Å². The van der Waals surface area contributed by atoms with Gasteiger partial charge < -0.3 is 14.5 Å². The molecule has 0 radical (unpaired) electrons. The van der Waals surface area contributed by atoms with E-state index in [0.29, 0.717) is 32.2 Å². The molecule has 2 N–H and O–H groups in total. The monoisotopic (exact) mass is 461 g/mol. The maximum absolute atomic E-state index is 12.1. The number of methoxy groups -OCH3 is 1. The van der Waals surface area contributed by atoms with Crippen LogP contribution in [0.1, 0.15) is 21.1 Å². The predicted molar refractivity (Wildman–Crippen MR) is 121 cm³/mol. The van der Waals surface area contributed by atoms with Gasteiger partial charge in [-0.05, 0) is 61.6 Å². The molecule has 1 aromatic carbocycles. The average Bonchev–Trinajstić information content (AvgIpc) is 3.33. The van der Waals surface area contributed by atoms with Gasteiger partial charge in [0.15, 0.2) is 10.2 Å². The number of hydrogen-bond acceptors (Lipinski definition) is 7. The first kappa shape index (κ1) is 21.7. The Bertz CT molecular complexity index is 1120. The first-order valence-electron chi connectivity index (χ1n) is 8.57. The third kappa shape index (κ3) is 5.53. The minimum atomic E-state index is -0.479. The van der Waals surface area contributed by atoms with E-state index in [2.05, 4.69) is 20.4 Å². The lowest BCUT2D eigenvalue weighted by Crippen LogP contribution is -2.32. The molecule has 0 spiro atoms. The number of furan rings is 1. The van der Waals surface area contributed by atoms with Crippen LogP contribution in [0.25, 0.3) is 17.4 Å². The number of aryl methyl sites for hydroxylation is 1. The van der Waals surface area contributed by atoms with E-state index in [9.17, 15) is 9.59 Å². The molecule has 10 heteroatoms. The number of carbonyl (C=O) groups is 2. The number of carbonyl (C=O) groups excluding carboxylic acids is 2. The summed E-state index contributed by atoms with van der Waals surface area (Å²) < 4.78 is 10.4. The Balaban J connectivity index is 1.56. The highest BCUT2D eigenvalue weighted by molar-refractivity contribution is 7.80. The van der Waals surface area contributed by atoms with Gasteiger partial charge in [0.05, 0.1) is 12.8 Å². The van der Waals surface area contributed by atoms with Crippen LogP contribution in [-0.4, -0.2) is 29.1 Å². The highest BCUT2D eigenvalue weighted by Crippen LogP contribution is 2.25. The normalized spacial score (nSPS) is 10.8. The molecule has 0 aliphatic rings. The molecule has 2 heterocycles. The molecule has 0 fully saturated rings. The van der Waals surface area contributed by atoms with Crippen molar-refractivity contribution in [3.8, 4) is 11.3 Å². The van der Waals surface area contributed by atoms with Crippen molar-refractivity contribution in [2.24, 2.45) is 0 Å². The van der Waals surface area contributed by atoms with Crippen LogP contribution >= 0.6 is 35.2 Å². The number of nitrogens with one attached hydrogen (secondary N) is 2. The number of benzene rings is 1. The van der Waals surface area contributed by atoms with Crippen LogP contribution < -0.4 is 10.6 Å². The number of thiocarbonyl (C=S) groups is 1. The third-order valence-electron chi connectivity index (χ3n) is 3.78. The van der Waals surface area contributed by atoms with E-state index < -0.39 is 11.9 Å². The fourth-order valence-electron chi connectivity index (χ4n) is 2.38. The molecule has 154 valence electrons. The first-order valence-corrected chi connectivity index (χ1v) is 10.2. The number of hydrogen-bond donors (Lipinski definition) is 2. The minimum Gasteiger partial charge on any atom is -0.465 e. The van der Waals surface area contributed by atoms with Gasteiger partial charge in [0.2, 0.25) is 5.91 Å². The zero-order chi connectivity index (χ0) is 21.7. The number of nitrogens with zero attached hydrogens (tertiary/aromatic N) is 1. The van der Waals surface area contributed by atoms with Crippen LogP contribution in [-0.2, 0) is 9.53 Å². The fourth-order valence-corrected chi connectivity index (χ4v) is 3.66. The maximum atomic E-state index is 12.1. The second-order valence-electron chi connectivity index (χ2n) is 5.91. The van der Waals surface area contributed by atoms with Gasteiger partial charge >= 0.3 is 5.97 Å². The van der Waals surface area contributed by atoms with Gasteiger partial charge in [-0.2, -0.15) is 0 Å². The number of amides is 1. The van der Waals surface area contributed by atoms with E-state index in [1.165, 1.54) is 19.3 Å². The molecule has 0 saturated heterocycles.